The molecule has 0 aliphatic carbocycles. The first-order valence-corrected chi connectivity index (χ1v) is 8.62. The third-order valence-corrected chi connectivity index (χ3v) is 5.53. The lowest BCUT2D eigenvalue weighted by Gasteiger charge is -2.11. The van der Waals surface area contributed by atoms with Gasteiger partial charge in [0.25, 0.3) is 0 Å². The number of rotatable bonds is 5. The molecule has 4 nitrogen and oxygen atoms in total. The predicted octanol–water partition coefficient (Wildman–Crippen LogP) is 2.91. The van der Waals surface area contributed by atoms with Crippen LogP contribution < -0.4 is 4.74 Å². The molecular weight excluding hydrogens is 300 g/mol. The monoisotopic (exact) mass is 318 g/mol. The van der Waals surface area contributed by atoms with Gasteiger partial charge in [-0.1, -0.05) is 23.8 Å². The standard InChI is InChI=1S/C17H18O4S/c1-12-3-7-16(8-4-12)22(18,19)17-9-14(6-5-13(17)2)20-10-15-11-21-15/h3-9,15H,10-11H2,1-2H3. The van der Waals surface area contributed by atoms with Crippen molar-refractivity contribution in [1.82, 2.24) is 0 Å². The van der Waals surface area contributed by atoms with Crippen molar-refractivity contribution in [2.45, 2.75) is 29.7 Å². The molecule has 1 saturated heterocycles. The molecule has 0 amide bonds. The summed E-state index contributed by atoms with van der Waals surface area (Å²) in [7, 11) is -3.54. The Kier molecular flexibility index (Phi) is 3.93. The van der Waals surface area contributed by atoms with Gasteiger partial charge in [0.05, 0.1) is 16.4 Å². The van der Waals surface area contributed by atoms with Gasteiger partial charge in [-0.2, -0.15) is 0 Å². The fraction of sp³-hybridized carbons (Fsp3) is 0.294. The number of sulfone groups is 1. The third-order valence-electron chi connectivity index (χ3n) is 3.62. The zero-order valence-electron chi connectivity index (χ0n) is 12.6. The molecule has 1 fully saturated rings. The molecule has 0 N–H and O–H groups in total. The summed E-state index contributed by atoms with van der Waals surface area (Å²) in [4.78, 5) is 0.578. The van der Waals surface area contributed by atoms with Gasteiger partial charge in [0.1, 0.15) is 18.5 Å². The predicted molar refractivity (Wildman–Crippen MR) is 83.0 cm³/mol. The number of epoxide rings is 1. The summed E-state index contributed by atoms with van der Waals surface area (Å²) in [5.41, 5.74) is 1.73. The first-order chi connectivity index (χ1) is 10.5. The van der Waals surface area contributed by atoms with E-state index < -0.39 is 9.84 Å². The number of benzene rings is 2. The van der Waals surface area contributed by atoms with E-state index in [4.69, 9.17) is 9.47 Å². The van der Waals surface area contributed by atoms with Gasteiger partial charge in [-0.15, -0.1) is 0 Å². The largest absolute Gasteiger partial charge is 0.491 e. The average molecular weight is 318 g/mol. The maximum atomic E-state index is 12.8. The molecule has 0 saturated carbocycles. The second kappa shape index (κ2) is 5.74. The number of ether oxygens (including phenoxy) is 2. The van der Waals surface area contributed by atoms with E-state index in [0.717, 1.165) is 5.56 Å². The van der Waals surface area contributed by atoms with Crippen molar-refractivity contribution >= 4 is 9.84 Å². The lowest BCUT2D eigenvalue weighted by molar-refractivity contribution is 0.262. The van der Waals surface area contributed by atoms with Crippen molar-refractivity contribution in [2.24, 2.45) is 0 Å². The van der Waals surface area contributed by atoms with Gasteiger partial charge in [0.2, 0.25) is 9.84 Å². The van der Waals surface area contributed by atoms with Crippen LogP contribution in [-0.4, -0.2) is 27.7 Å². The van der Waals surface area contributed by atoms with E-state index in [9.17, 15) is 8.42 Å². The second-order valence-electron chi connectivity index (χ2n) is 5.51. The SMILES string of the molecule is Cc1ccc(S(=O)(=O)c2cc(OCC3CO3)ccc2C)cc1. The van der Waals surface area contributed by atoms with Crippen molar-refractivity contribution in [2.75, 3.05) is 13.2 Å². The third kappa shape index (κ3) is 3.15. The van der Waals surface area contributed by atoms with Crippen molar-refractivity contribution in [3.8, 4) is 5.75 Å². The summed E-state index contributed by atoms with van der Waals surface area (Å²) >= 11 is 0. The molecule has 116 valence electrons. The highest BCUT2D eigenvalue weighted by molar-refractivity contribution is 7.91. The molecule has 1 unspecified atom stereocenters. The molecule has 1 aliphatic rings. The van der Waals surface area contributed by atoms with Gasteiger partial charge >= 0.3 is 0 Å². The Hall–Kier alpha value is -1.85. The zero-order chi connectivity index (χ0) is 15.7. The zero-order valence-corrected chi connectivity index (χ0v) is 13.4. The Balaban J connectivity index is 1.94. The quantitative estimate of drug-likeness (QED) is 0.795. The number of hydrogen-bond donors (Lipinski definition) is 0. The molecule has 0 bridgehead atoms. The van der Waals surface area contributed by atoms with Crippen molar-refractivity contribution < 1.29 is 17.9 Å². The summed E-state index contributed by atoms with van der Waals surface area (Å²) in [5.74, 6) is 0.548. The smallest absolute Gasteiger partial charge is 0.206 e. The van der Waals surface area contributed by atoms with Crippen LogP contribution in [0, 0.1) is 13.8 Å². The normalized spacial score (nSPS) is 17.3. The highest BCUT2D eigenvalue weighted by Crippen LogP contribution is 2.28. The van der Waals surface area contributed by atoms with E-state index in [1.165, 1.54) is 0 Å². The molecule has 0 radical (unpaired) electrons. The lowest BCUT2D eigenvalue weighted by atomic mass is 10.2. The van der Waals surface area contributed by atoms with Gasteiger partial charge in [-0.3, -0.25) is 0 Å². The first kappa shape index (κ1) is 15.1. The molecule has 3 rings (SSSR count). The first-order valence-electron chi connectivity index (χ1n) is 7.13. The Morgan fingerprint density at radius 3 is 2.45 bits per heavy atom. The van der Waals surface area contributed by atoms with Crippen LogP contribution in [0.4, 0.5) is 0 Å². The molecule has 2 aromatic rings. The van der Waals surface area contributed by atoms with Crippen molar-refractivity contribution in [3.05, 3.63) is 53.6 Å². The molecule has 1 aliphatic heterocycles. The van der Waals surface area contributed by atoms with Gasteiger partial charge in [-0.25, -0.2) is 8.42 Å². The van der Waals surface area contributed by atoms with Gasteiger partial charge in [0, 0.05) is 0 Å². The molecular formula is C17H18O4S. The van der Waals surface area contributed by atoms with E-state index >= 15 is 0 Å². The average Bonchev–Trinajstić information content (AvgIpc) is 3.31. The van der Waals surface area contributed by atoms with Crippen LogP contribution in [0.1, 0.15) is 11.1 Å². The Morgan fingerprint density at radius 1 is 1.14 bits per heavy atom. The van der Waals surface area contributed by atoms with Crippen molar-refractivity contribution in [3.63, 3.8) is 0 Å². The molecule has 0 aromatic heterocycles. The van der Waals surface area contributed by atoms with E-state index in [1.54, 1.807) is 49.4 Å². The lowest BCUT2D eigenvalue weighted by Crippen LogP contribution is -2.07. The molecule has 1 atom stereocenters. The molecule has 1 heterocycles. The molecule has 22 heavy (non-hydrogen) atoms. The fourth-order valence-corrected chi connectivity index (χ4v) is 3.67. The summed E-state index contributed by atoms with van der Waals surface area (Å²) in [5, 5.41) is 0. The Bertz CT molecular complexity index is 775. The minimum atomic E-state index is -3.54. The minimum absolute atomic E-state index is 0.137. The van der Waals surface area contributed by atoms with Crippen LogP contribution in [-0.2, 0) is 14.6 Å². The van der Waals surface area contributed by atoms with Gasteiger partial charge in [0.15, 0.2) is 0 Å². The minimum Gasteiger partial charge on any atom is -0.491 e. The number of hydrogen-bond acceptors (Lipinski definition) is 4. The Morgan fingerprint density at radius 2 is 1.82 bits per heavy atom. The van der Waals surface area contributed by atoms with E-state index in [-0.39, 0.29) is 11.0 Å². The van der Waals surface area contributed by atoms with Gasteiger partial charge in [-0.05, 0) is 43.7 Å². The van der Waals surface area contributed by atoms with Crippen LogP contribution in [0.3, 0.4) is 0 Å². The van der Waals surface area contributed by atoms with Crippen molar-refractivity contribution in [1.29, 1.82) is 0 Å². The van der Waals surface area contributed by atoms with Crippen LogP contribution in [0.5, 0.6) is 5.75 Å². The summed E-state index contributed by atoms with van der Waals surface area (Å²) < 4.78 is 36.3. The second-order valence-corrected chi connectivity index (χ2v) is 7.43. The summed E-state index contributed by atoms with van der Waals surface area (Å²) in [6.45, 7) is 4.87. The van der Waals surface area contributed by atoms with Gasteiger partial charge < -0.3 is 9.47 Å². The fourth-order valence-electron chi connectivity index (χ4n) is 2.16. The molecule has 5 heteroatoms. The number of aryl methyl sites for hydroxylation is 2. The van der Waals surface area contributed by atoms with Crippen LogP contribution >= 0.6 is 0 Å². The van der Waals surface area contributed by atoms with E-state index in [1.807, 2.05) is 6.92 Å². The summed E-state index contributed by atoms with van der Waals surface area (Å²) in [6, 6.07) is 12.0. The molecule has 2 aromatic carbocycles. The molecule has 0 spiro atoms. The maximum Gasteiger partial charge on any atom is 0.206 e. The highest BCUT2D eigenvalue weighted by Gasteiger charge is 2.24. The van der Waals surface area contributed by atoms with E-state index in [2.05, 4.69) is 0 Å². The Labute approximate surface area is 130 Å². The topological polar surface area (TPSA) is 55.9 Å². The van der Waals surface area contributed by atoms with Crippen LogP contribution in [0.15, 0.2) is 52.3 Å². The van der Waals surface area contributed by atoms with Crippen LogP contribution in [0.25, 0.3) is 0 Å². The summed E-state index contributed by atoms with van der Waals surface area (Å²) in [6.07, 6.45) is 0.137. The van der Waals surface area contributed by atoms with E-state index in [0.29, 0.717) is 29.4 Å². The highest BCUT2D eigenvalue weighted by atomic mass is 32.2. The maximum absolute atomic E-state index is 12.8. The van der Waals surface area contributed by atoms with Crippen LogP contribution in [0.2, 0.25) is 0 Å².